The molecule has 6 heteroatoms. The van der Waals surface area contributed by atoms with Gasteiger partial charge in [0.1, 0.15) is 6.04 Å². The molecule has 1 rings (SSSR count). The number of esters is 1. The monoisotopic (exact) mass is 292 g/mol. The summed E-state index contributed by atoms with van der Waals surface area (Å²) >= 11 is 0. The highest BCUT2D eigenvalue weighted by molar-refractivity contribution is 5.85. The SMILES string of the molecule is CC(C)OC(=O)C(C)N(C)C(=O)C1CCNCC1.Cl. The molecule has 1 atom stereocenters. The molecule has 1 N–H and O–H groups in total. The number of likely N-dealkylation sites (N-methyl/N-ethyl adjacent to an activating group) is 1. The van der Waals surface area contributed by atoms with Gasteiger partial charge in [-0.25, -0.2) is 4.79 Å². The Morgan fingerprint density at radius 3 is 2.21 bits per heavy atom. The summed E-state index contributed by atoms with van der Waals surface area (Å²) in [5.41, 5.74) is 0. The summed E-state index contributed by atoms with van der Waals surface area (Å²) in [5, 5.41) is 3.22. The van der Waals surface area contributed by atoms with Crippen molar-refractivity contribution in [1.29, 1.82) is 0 Å². The fourth-order valence-corrected chi connectivity index (χ4v) is 2.04. The molecule has 1 heterocycles. The van der Waals surface area contributed by atoms with Gasteiger partial charge in [0.2, 0.25) is 5.91 Å². The zero-order chi connectivity index (χ0) is 13.7. The van der Waals surface area contributed by atoms with Crippen molar-refractivity contribution in [3.05, 3.63) is 0 Å². The number of nitrogens with zero attached hydrogens (tertiary/aromatic N) is 1. The zero-order valence-electron chi connectivity index (χ0n) is 12.1. The van der Waals surface area contributed by atoms with Crippen LogP contribution in [0, 0.1) is 5.92 Å². The molecule has 112 valence electrons. The first-order chi connectivity index (χ1) is 8.43. The van der Waals surface area contributed by atoms with Crippen LogP contribution in [0.1, 0.15) is 33.6 Å². The minimum absolute atomic E-state index is 0. The normalized spacial score (nSPS) is 17.5. The van der Waals surface area contributed by atoms with Crippen LogP contribution in [0.3, 0.4) is 0 Å². The number of amides is 1. The molecule has 0 aromatic heterocycles. The second kappa shape index (κ2) is 8.38. The van der Waals surface area contributed by atoms with Crippen LogP contribution < -0.4 is 5.32 Å². The minimum atomic E-state index is -0.519. The summed E-state index contributed by atoms with van der Waals surface area (Å²) in [6.45, 7) is 7.06. The molecule has 0 radical (unpaired) electrons. The molecular formula is C13H25ClN2O3. The summed E-state index contributed by atoms with van der Waals surface area (Å²) in [6, 6.07) is -0.519. The summed E-state index contributed by atoms with van der Waals surface area (Å²) < 4.78 is 5.13. The van der Waals surface area contributed by atoms with Crippen molar-refractivity contribution in [3.63, 3.8) is 0 Å². The maximum absolute atomic E-state index is 12.2. The first kappa shape index (κ1) is 18.2. The number of halogens is 1. The van der Waals surface area contributed by atoms with E-state index >= 15 is 0 Å². The molecule has 0 aliphatic carbocycles. The van der Waals surface area contributed by atoms with E-state index in [4.69, 9.17) is 4.74 Å². The standard InChI is InChI=1S/C13H24N2O3.ClH/c1-9(2)18-13(17)10(3)15(4)12(16)11-5-7-14-8-6-11;/h9-11,14H,5-8H2,1-4H3;1H. The summed E-state index contributed by atoms with van der Waals surface area (Å²) in [7, 11) is 1.68. The maximum Gasteiger partial charge on any atom is 0.328 e. The van der Waals surface area contributed by atoms with E-state index in [-0.39, 0.29) is 36.3 Å². The van der Waals surface area contributed by atoms with Crippen molar-refractivity contribution < 1.29 is 14.3 Å². The Morgan fingerprint density at radius 1 is 1.21 bits per heavy atom. The molecule has 1 aliphatic rings. The van der Waals surface area contributed by atoms with E-state index < -0.39 is 6.04 Å². The second-order valence-electron chi connectivity index (χ2n) is 5.14. The van der Waals surface area contributed by atoms with Gasteiger partial charge >= 0.3 is 5.97 Å². The Balaban J connectivity index is 0.00000324. The van der Waals surface area contributed by atoms with Crippen LogP contribution in [-0.4, -0.2) is 49.1 Å². The number of hydrogen-bond acceptors (Lipinski definition) is 4. The molecule has 1 aliphatic heterocycles. The third kappa shape index (κ3) is 5.37. The van der Waals surface area contributed by atoms with Crippen molar-refractivity contribution in [2.24, 2.45) is 5.92 Å². The highest BCUT2D eigenvalue weighted by Gasteiger charge is 2.30. The zero-order valence-corrected chi connectivity index (χ0v) is 13.0. The molecule has 0 aromatic rings. The maximum atomic E-state index is 12.2. The van der Waals surface area contributed by atoms with Crippen LogP contribution in [0.4, 0.5) is 0 Å². The van der Waals surface area contributed by atoms with Crippen LogP contribution in [0.2, 0.25) is 0 Å². The topological polar surface area (TPSA) is 58.6 Å². The Bertz CT molecular complexity index is 304. The minimum Gasteiger partial charge on any atom is -0.461 e. The van der Waals surface area contributed by atoms with E-state index in [2.05, 4.69) is 5.32 Å². The molecular weight excluding hydrogens is 268 g/mol. The number of carbonyl (C=O) groups excluding carboxylic acids is 2. The van der Waals surface area contributed by atoms with E-state index in [0.717, 1.165) is 25.9 Å². The van der Waals surface area contributed by atoms with Gasteiger partial charge in [-0.2, -0.15) is 0 Å². The second-order valence-corrected chi connectivity index (χ2v) is 5.14. The largest absolute Gasteiger partial charge is 0.461 e. The Morgan fingerprint density at radius 2 is 1.74 bits per heavy atom. The number of piperidine rings is 1. The predicted molar refractivity (Wildman–Crippen MR) is 76.3 cm³/mol. The average Bonchev–Trinajstić information content (AvgIpc) is 2.36. The molecule has 0 bridgehead atoms. The van der Waals surface area contributed by atoms with E-state index in [1.54, 1.807) is 27.8 Å². The third-order valence-corrected chi connectivity index (χ3v) is 3.31. The Hall–Kier alpha value is -0.810. The fraction of sp³-hybridized carbons (Fsp3) is 0.846. The first-order valence-electron chi connectivity index (χ1n) is 6.61. The van der Waals surface area contributed by atoms with E-state index in [1.165, 1.54) is 4.90 Å². The molecule has 0 saturated carbocycles. The lowest BCUT2D eigenvalue weighted by molar-refractivity contribution is -0.157. The van der Waals surface area contributed by atoms with Crippen molar-refractivity contribution in [1.82, 2.24) is 10.2 Å². The van der Waals surface area contributed by atoms with Crippen molar-refractivity contribution in [3.8, 4) is 0 Å². The Kier molecular flexibility index (Phi) is 8.02. The van der Waals surface area contributed by atoms with Crippen LogP contribution in [-0.2, 0) is 14.3 Å². The Labute approximate surface area is 121 Å². The fourth-order valence-electron chi connectivity index (χ4n) is 2.04. The van der Waals surface area contributed by atoms with Gasteiger partial charge in [0, 0.05) is 13.0 Å². The quantitative estimate of drug-likeness (QED) is 0.791. The van der Waals surface area contributed by atoms with Gasteiger partial charge in [-0.3, -0.25) is 4.79 Å². The van der Waals surface area contributed by atoms with Gasteiger partial charge in [-0.05, 0) is 46.7 Å². The predicted octanol–water partition coefficient (Wildman–Crippen LogP) is 1.21. The summed E-state index contributed by atoms with van der Waals surface area (Å²) in [4.78, 5) is 25.5. The van der Waals surface area contributed by atoms with Gasteiger partial charge in [-0.15, -0.1) is 12.4 Å². The average molecular weight is 293 g/mol. The number of hydrogen-bond donors (Lipinski definition) is 1. The van der Waals surface area contributed by atoms with E-state index in [0.29, 0.717) is 0 Å². The summed E-state index contributed by atoms with van der Waals surface area (Å²) in [5.74, 6) is -0.259. The highest BCUT2D eigenvalue weighted by atomic mass is 35.5. The van der Waals surface area contributed by atoms with Gasteiger partial charge in [0.25, 0.3) is 0 Å². The molecule has 1 unspecified atom stereocenters. The molecule has 1 fully saturated rings. The summed E-state index contributed by atoms with van der Waals surface area (Å²) in [6.07, 6.45) is 1.53. The number of ether oxygens (including phenoxy) is 1. The van der Waals surface area contributed by atoms with Crippen LogP contribution in [0.25, 0.3) is 0 Å². The lowest BCUT2D eigenvalue weighted by Gasteiger charge is -2.30. The molecule has 19 heavy (non-hydrogen) atoms. The molecule has 0 aromatic carbocycles. The molecule has 5 nitrogen and oxygen atoms in total. The van der Waals surface area contributed by atoms with E-state index in [1.807, 2.05) is 0 Å². The lowest BCUT2D eigenvalue weighted by Crippen LogP contribution is -2.46. The molecule has 1 amide bonds. The van der Waals surface area contributed by atoms with Crippen LogP contribution in [0.15, 0.2) is 0 Å². The molecule has 1 saturated heterocycles. The first-order valence-corrected chi connectivity index (χ1v) is 6.61. The molecule has 0 spiro atoms. The highest BCUT2D eigenvalue weighted by Crippen LogP contribution is 2.16. The smallest absolute Gasteiger partial charge is 0.328 e. The number of rotatable bonds is 4. The van der Waals surface area contributed by atoms with Gasteiger partial charge in [0.15, 0.2) is 0 Å². The van der Waals surface area contributed by atoms with Crippen molar-refractivity contribution in [2.75, 3.05) is 20.1 Å². The number of carbonyl (C=O) groups is 2. The van der Waals surface area contributed by atoms with E-state index in [9.17, 15) is 9.59 Å². The lowest BCUT2D eigenvalue weighted by atomic mass is 9.96. The van der Waals surface area contributed by atoms with Crippen LogP contribution >= 0.6 is 12.4 Å². The van der Waals surface area contributed by atoms with Crippen molar-refractivity contribution >= 4 is 24.3 Å². The third-order valence-electron chi connectivity index (χ3n) is 3.31. The van der Waals surface area contributed by atoms with Gasteiger partial charge in [0.05, 0.1) is 6.10 Å². The van der Waals surface area contributed by atoms with Crippen LogP contribution in [0.5, 0.6) is 0 Å². The van der Waals surface area contributed by atoms with Gasteiger partial charge in [-0.1, -0.05) is 0 Å². The number of nitrogens with one attached hydrogen (secondary N) is 1. The van der Waals surface area contributed by atoms with Gasteiger partial charge < -0.3 is 15.0 Å². The van der Waals surface area contributed by atoms with Crippen molar-refractivity contribution in [2.45, 2.75) is 45.8 Å².